The maximum Gasteiger partial charge on any atom is 0.310 e. The molecule has 0 spiro atoms. The highest BCUT2D eigenvalue weighted by Gasteiger charge is 2.22. The molecule has 5 nitrogen and oxygen atoms in total. The number of ether oxygens (including phenoxy) is 2. The quantitative estimate of drug-likeness (QED) is 0.346. The summed E-state index contributed by atoms with van der Waals surface area (Å²) in [6, 6.07) is 10.1. The summed E-state index contributed by atoms with van der Waals surface area (Å²) in [7, 11) is 2.77. The SMILES string of the molecule is C=C/C=C\C(=C)CO.COC(=O)CC[S+](CCC(=O)OC)Cc1ccccc1. The fraction of sp³-hybridized carbons (Fsp3) is 0.364. The van der Waals surface area contributed by atoms with Crippen LogP contribution < -0.4 is 0 Å². The first kappa shape index (κ1) is 25.7. The number of hydrogen-bond donors (Lipinski definition) is 1. The average Bonchev–Trinajstić information content (AvgIpc) is 2.74. The summed E-state index contributed by atoms with van der Waals surface area (Å²) < 4.78 is 9.34. The number of carbonyl (C=O) groups excluding carboxylic acids is 2. The third kappa shape index (κ3) is 13.8. The van der Waals surface area contributed by atoms with Crippen molar-refractivity contribution in [3.63, 3.8) is 0 Å². The van der Waals surface area contributed by atoms with Crippen molar-refractivity contribution in [3.8, 4) is 0 Å². The molecule has 0 saturated heterocycles. The Morgan fingerprint density at radius 1 is 1.07 bits per heavy atom. The van der Waals surface area contributed by atoms with E-state index >= 15 is 0 Å². The molecular weight excluding hydrogens is 376 g/mol. The van der Waals surface area contributed by atoms with E-state index in [0.29, 0.717) is 18.4 Å². The summed E-state index contributed by atoms with van der Waals surface area (Å²) in [5.74, 6) is 1.98. The van der Waals surface area contributed by atoms with Crippen LogP contribution in [0.15, 0.2) is 67.3 Å². The van der Waals surface area contributed by atoms with Gasteiger partial charge in [0.15, 0.2) is 0 Å². The van der Waals surface area contributed by atoms with Crippen molar-refractivity contribution in [3.05, 3.63) is 72.9 Å². The van der Waals surface area contributed by atoms with E-state index in [1.807, 2.05) is 18.2 Å². The Hall–Kier alpha value is -2.31. The molecule has 28 heavy (non-hydrogen) atoms. The van der Waals surface area contributed by atoms with Crippen molar-refractivity contribution in [2.75, 3.05) is 32.3 Å². The number of rotatable bonds is 11. The molecule has 0 amide bonds. The van der Waals surface area contributed by atoms with Crippen molar-refractivity contribution in [1.82, 2.24) is 0 Å². The average molecular weight is 408 g/mol. The van der Waals surface area contributed by atoms with E-state index in [1.165, 1.54) is 19.8 Å². The van der Waals surface area contributed by atoms with Crippen molar-refractivity contribution in [2.45, 2.75) is 18.6 Å². The van der Waals surface area contributed by atoms with Gasteiger partial charge < -0.3 is 14.6 Å². The monoisotopic (exact) mass is 407 g/mol. The third-order valence-electron chi connectivity index (χ3n) is 3.53. The van der Waals surface area contributed by atoms with Crippen LogP contribution in [0.1, 0.15) is 18.4 Å². The minimum absolute atomic E-state index is 0.0182. The van der Waals surface area contributed by atoms with Crippen molar-refractivity contribution in [2.24, 2.45) is 0 Å². The number of hydrogen-bond acceptors (Lipinski definition) is 5. The summed E-state index contributed by atoms with van der Waals surface area (Å²) in [6.07, 6.45) is 5.88. The second-order valence-electron chi connectivity index (χ2n) is 5.71. The number of aliphatic hydroxyl groups is 1. The fourth-order valence-electron chi connectivity index (χ4n) is 1.97. The summed E-state index contributed by atoms with van der Waals surface area (Å²) in [4.78, 5) is 22.5. The van der Waals surface area contributed by atoms with E-state index < -0.39 is 0 Å². The molecule has 1 aromatic rings. The molecule has 0 unspecified atom stereocenters. The van der Waals surface area contributed by atoms with Crippen LogP contribution in [0.3, 0.4) is 0 Å². The lowest BCUT2D eigenvalue weighted by Crippen LogP contribution is -2.20. The minimum Gasteiger partial charge on any atom is -0.469 e. The van der Waals surface area contributed by atoms with Crippen LogP contribution >= 0.6 is 0 Å². The molecule has 0 heterocycles. The van der Waals surface area contributed by atoms with Crippen LogP contribution in [0.25, 0.3) is 0 Å². The smallest absolute Gasteiger partial charge is 0.310 e. The van der Waals surface area contributed by atoms with Gasteiger partial charge in [-0.3, -0.25) is 9.59 Å². The highest BCUT2D eigenvalue weighted by Crippen LogP contribution is 2.12. The zero-order chi connectivity index (χ0) is 21.2. The first-order chi connectivity index (χ1) is 13.5. The summed E-state index contributed by atoms with van der Waals surface area (Å²) in [5, 5.41) is 8.38. The molecule has 0 bridgehead atoms. The maximum atomic E-state index is 11.3. The molecule has 0 aliphatic rings. The van der Waals surface area contributed by atoms with Gasteiger partial charge >= 0.3 is 11.9 Å². The van der Waals surface area contributed by atoms with Gasteiger partial charge in [0.1, 0.15) is 17.3 Å². The highest BCUT2D eigenvalue weighted by molar-refractivity contribution is 7.96. The van der Waals surface area contributed by atoms with Gasteiger partial charge in [-0.1, -0.05) is 61.7 Å². The highest BCUT2D eigenvalue weighted by atomic mass is 32.2. The first-order valence-electron chi connectivity index (χ1n) is 8.86. The molecule has 0 saturated carbocycles. The van der Waals surface area contributed by atoms with Crippen molar-refractivity contribution >= 4 is 22.8 Å². The van der Waals surface area contributed by atoms with Gasteiger partial charge in [-0.15, -0.1) is 0 Å². The van der Waals surface area contributed by atoms with E-state index in [1.54, 1.807) is 18.2 Å². The molecule has 0 aliphatic carbocycles. The Labute approximate surface area is 171 Å². The molecule has 0 aromatic heterocycles. The second-order valence-corrected chi connectivity index (χ2v) is 8.04. The zero-order valence-electron chi connectivity index (χ0n) is 16.8. The summed E-state index contributed by atoms with van der Waals surface area (Å²) in [6.45, 7) is 7.00. The maximum absolute atomic E-state index is 11.3. The van der Waals surface area contributed by atoms with Crippen molar-refractivity contribution in [1.29, 1.82) is 0 Å². The zero-order valence-corrected chi connectivity index (χ0v) is 17.6. The van der Waals surface area contributed by atoms with Crippen LogP contribution in [0.2, 0.25) is 0 Å². The van der Waals surface area contributed by atoms with Crippen LogP contribution in [-0.2, 0) is 35.7 Å². The van der Waals surface area contributed by atoms with Gasteiger partial charge in [-0.05, 0) is 16.5 Å². The molecular formula is C22H31O5S+. The molecule has 6 heteroatoms. The van der Waals surface area contributed by atoms with Crippen molar-refractivity contribution < 1.29 is 24.2 Å². The molecule has 1 aromatic carbocycles. The minimum atomic E-state index is -0.200. The lowest BCUT2D eigenvalue weighted by molar-refractivity contribution is -0.140. The van der Waals surface area contributed by atoms with Gasteiger partial charge in [-0.2, -0.15) is 0 Å². The van der Waals surface area contributed by atoms with Gasteiger partial charge in [0.05, 0.1) is 33.7 Å². The Balaban J connectivity index is 0.000000769. The number of allylic oxidation sites excluding steroid dienone is 2. The van der Waals surface area contributed by atoms with Gasteiger partial charge in [-0.25, -0.2) is 0 Å². The molecule has 0 radical (unpaired) electrons. The van der Waals surface area contributed by atoms with E-state index in [0.717, 1.165) is 17.3 Å². The molecule has 0 fully saturated rings. The van der Waals surface area contributed by atoms with Gasteiger partial charge in [0, 0.05) is 5.56 Å². The number of benzene rings is 1. The lowest BCUT2D eigenvalue weighted by atomic mass is 10.2. The van der Waals surface area contributed by atoms with E-state index in [-0.39, 0.29) is 29.4 Å². The molecule has 154 valence electrons. The predicted octanol–water partition coefficient (Wildman–Crippen LogP) is 3.21. The summed E-state index contributed by atoms with van der Waals surface area (Å²) in [5.41, 5.74) is 1.93. The Morgan fingerprint density at radius 2 is 1.61 bits per heavy atom. The Morgan fingerprint density at radius 3 is 2.04 bits per heavy atom. The van der Waals surface area contributed by atoms with E-state index in [2.05, 4.69) is 34.8 Å². The topological polar surface area (TPSA) is 72.8 Å². The third-order valence-corrected chi connectivity index (χ3v) is 5.83. The van der Waals surface area contributed by atoms with Crippen LogP contribution in [0, 0.1) is 0 Å². The molecule has 0 atom stereocenters. The number of esters is 2. The number of carbonyl (C=O) groups is 2. The fourth-order valence-corrected chi connectivity index (χ4v) is 4.04. The van der Waals surface area contributed by atoms with Gasteiger partial charge in [0.25, 0.3) is 0 Å². The number of aliphatic hydroxyl groups excluding tert-OH is 1. The van der Waals surface area contributed by atoms with Gasteiger partial charge in [0.2, 0.25) is 0 Å². The normalized spacial score (nSPS) is 10.1. The summed E-state index contributed by atoms with van der Waals surface area (Å²) >= 11 is 0. The molecule has 1 N–H and O–H groups in total. The van der Waals surface area contributed by atoms with Crippen LogP contribution in [0.4, 0.5) is 0 Å². The van der Waals surface area contributed by atoms with Crippen LogP contribution in [0.5, 0.6) is 0 Å². The second kappa shape index (κ2) is 16.8. The standard InChI is InChI=1S/C15H21O4S.C7H10O/c1-18-14(16)8-10-20(11-9-15(17)19-2)12-13-6-4-3-5-7-13;1-3-4-5-7(2)6-8/h3-7H,8-12H2,1-2H3;3-5,8H,1-2,6H2/q+1;/b;5-4-. The van der Waals surface area contributed by atoms with E-state index in [4.69, 9.17) is 5.11 Å². The van der Waals surface area contributed by atoms with E-state index in [9.17, 15) is 9.59 Å². The first-order valence-corrected chi connectivity index (χ1v) is 10.6. The Bertz CT molecular complexity index is 605. The molecule has 1 rings (SSSR count). The number of methoxy groups -OCH3 is 2. The largest absolute Gasteiger partial charge is 0.469 e. The Kier molecular flexibility index (Phi) is 15.4. The lowest BCUT2D eigenvalue weighted by Gasteiger charge is -2.08. The molecule has 0 aliphatic heterocycles. The predicted molar refractivity (Wildman–Crippen MR) is 116 cm³/mol. The van der Waals surface area contributed by atoms with Crippen LogP contribution in [-0.4, -0.2) is 49.4 Å².